The van der Waals surface area contributed by atoms with E-state index in [0.717, 1.165) is 19.6 Å². The number of nitrogens with one attached hydrogen (secondary N) is 1. The highest BCUT2D eigenvalue weighted by atomic mass is 15.1. The Bertz CT molecular complexity index is 549. The Hall–Kier alpha value is -1.96. The molecule has 0 heterocycles. The predicted molar refractivity (Wildman–Crippen MR) is 88.7 cm³/mol. The minimum Gasteiger partial charge on any atom is -0.383 e. The Balaban J connectivity index is 1.93. The van der Waals surface area contributed by atoms with E-state index in [4.69, 9.17) is 0 Å². The SMILES string of the molecule is CCN(CCNc1ccccc1C)c1cccc(C)c1. The van der Waals surface area contributed by atoms with Crippen LogP contribution >= 0.6 is 0 Å². The van der Waals surface area contributed by atoms with Gasteiger partial charge in [0, 0.05) is 31.0 Å². The molecule has 2 nitrogen and oxygen atoms in total. The van der Waals surface area contributed by atoms with Crippen LogP contribution in [0.25, 0.3) is 0 Å². The smallest absolute Gasteiger partial charge is 0.0370 e. The van der Waals surface area contributed by atoms with Gasteiger partial charge >= 0.3 is 0 Å². The topological polar surface area (TPSA) is 15.3 Å². The lowest BCUT2D eigenvalue weighted by atomic mass is 10.2. The monoisotopic (exact) mass is 268 g/mol. The van der Waals surface area contributed by atoms with Gasteiger partial charge in [0.15, 0.2) is 0 Å². The second kappa shape index (κ2) is 6.99. The summed E-state index contributed by atoms with van der Waals surface area (Å²) in [5.74, 6) is 0. The van der Waals surface area contributed by atoms with Crippen LogP contribution in [0.1, 0.15) is 18.1 Å². The van der Waals surface area contributed by atoms with Gasteiger partial charge in [-0.05, 0) is 50.1 Å². The van der Waals surface area contributed by atoms with Gasteiger partial charge in [-0.25, -0.2) is 0 Å². The van der Waals surface area contributed by atoms with Crippen molar-refractivity contribution in [2.24, 2.45) is 0 Å². The van der Waals surface area contributed by atoms with Crippen molar-refractivity contribution in [1.29, 1.82) is 0 Å². The fraction of sp³-hybridized carbons (Fsp3) is 0.333. The van der Waals surface area contributed by atoms with Crippen LogP contribution in [0.3, 0.4) is 0 Å². The molecule has 1 N–H and O–H groups in total. The largest absolute Gasteiger partial charge is 0.383 e. The van der Waals surface area contributed by atoms with Crippen molar-refractivity contribution in [3.05, 3.63) is 59.7 Å². The number of likely N-dealkylation sites (N-methyl/N-ethyl adjacent to an activating group) is 1. The zero-order valence-electron chi connectivity index (χ0n) is 12.7. The number of para-hydroxylation sites is 1. The average Bonchev–Trinajstić information content (AvgIpc) is 2.45. The summed E-state index contributed by atoms with van der Waals surface area (Å²) in [5.41, 5.74) is 5.14. The van der Waals surface area contributed by atoms with E-state index < -0.39 is 0 Å². The highest BCUT2D eigenvalue weighted by Crippen LogP contribution is 2.16. The third kappa shape index (κ3) is 3.77. The average molecular weight is 268 g/mol. The molecule has 0 fully saturated rings. The zero-order chi connectivity index (χ0) is 14.4. The summed E-state index contributed by atoms with van der Waals surface area (Å²) in [6.45, 7) is 9.47. The molecule has 0 saturated heterocycles. The van der Waals surface area contributed by atoms with Gasteiger partial charge in [0.05, 0.1) is 0 Å². The van der Waals surface area contributed by atoms with Gasteiger partial charge in [-0.3, -0.25) is 0 Å². The Morgan fingerprint density at radius 3 is 2.50 bits per heavy atom. The van der Waals surface area contributed by atoms with Crippen molar-refractivity contribution in [3.8, 4) is 0 Å². The molecule has 0 bridgehead atoms. The molecule has 0 radical (unpaired) electrons. The molecule has 0 aliphatic heterocycles. The maximum Gasteiger partial charge on any atom is 0.0370 e. The molecule has 0 aliphatic carbocycles. The quantitative estimate of drug-likeness (QED) is 0.843. The standard InChI is InChI=1S/C18H24N2/c1-4-20(17-10-7-8-15(2)14-17)13-12-19-18-11-6-5-9-16(18)3/h5-11,14,19H,4,12-13H2,1-3H3. The molecule has 2 aromatic rings. The molecule has 0 unspecified atom stereocenters. The molecule has 20 heavy (non-hydrogen) atoms. The summed E-state index contributed by atoms with van der Waals surface area (Å²) in [5, 5.41) is 3.52. The lowest BCUT2D eigenvalue weighted by molar-refractivity contribution is 0.834. The molecule has 0 aromatic heterocycles. The van der Waals surface area contributed by atoms with Crippen molar-refractivity contribution in [2.75, 3.05) is 29.9 Å². The first kappa shape index (κ1) is 14.4. The first-order chi connectivity index (χ1) is 9.70. The van der Waals surface area contributed by atoms with E-state index in [-0.39, 0.29) is 0 Å². The lowest BCUT2D eigenvalue weighted by Crippen LogP contribution is -2.28. The minimum absolute atomic E-state index is 0.951. The molecule has 0 aliphatic rings. The van der Waals surface area contributed by atoms with E-state index in [1.54, 1.807) is 0 Å². The van der Waals surface area contributed by atoms with Crippen LogP contribution in [0.5, 0.6) is 0 Å². The number of benzene rings is 2. The fourth-order valence-corrected chi connectivity index (χ4v) is 2.39. The number of hydrogen-bond donors (Lipinski definition) is 1. The molecule has 106 valence electrons. The summed E-state index contributed by atoms with van der Waals surface area (Å²) < 4.78 is 0. The molecular formula is C18H24N2. The van der Waals surface area contributed by atoms with Gasteiger partial charge in [0.25, 0.3) is 0 Å². The summed E-state index contributed by atoms with van der Waals surface area (Å²) in [6, 6.07) is 17.1. The molecule has 0 atom stereocenters. The van der Waals surface area contributed by atoms with Gasteiger partial charge in [-0.1, -0.05) is 30.3 Å². The van der Waals surface area contributed by atoms with Crippen LogP contribution < -0.4 is 10.2 Å². The molecule has 0 spiro atoms. The van der Waals surface area contributed by atoms with Crippen LogP contribution in [0.15, 0.2) is 48.5 Å². The lowest BCUT2D eigenvalue weighted by Gasteiger charge is -2.24. The van der Waals surface area contributed by atoms with Crippen molar-refractivity contribution in [1.82, 2.24) is 0 Å². The third-order valence-electron chi connectivity index (χ3n) is 3.59. The second-order valence-corrected chi connectivity index (χ2v) is 5.16. The summed E-state index contributed by atoms with van der Waals surface area (Å²) in [4.78, 5) is 2.40. The molecule has 2 aromatic carbocycles. The van der Waals surface area contributed by atoms with E-state index in [1.165, 1.54) is 22.5 Å². The summed E-state index contributed by atoms with van der Waals surface area (Å²) in [7, 11) is 0. The maximum absolute atomic E-state index is 3.52. The molecule has 0 saturated carbocycles. The summed E-state index contributed by atoms with van der Waals surface area (Å²) in [6.07, 6.45) is 0. The number of anilines is 2. The van der Waals surface area contributed by atoms with Gasteiger partial charge in [0.1, 0.15) is 0 Å². The molecule has 2 rings (SSSR count). The van der Waals surface area contributed by atoms with Crippen LogP contribution in [0.4, 0.5) is 11.4 Å². The Kier molecular flexibility index (Phi) is 5.05. The molecular weight excluding hydrogens is 244 g/mol. The van der Waals surface area contributed by atoms with Gasteiger partial charge < -0.3 is 10.2 Å². The summed E-state index contributed by atoms with van der Waals surface area (Å²) >= 11 is 0. The first-order valence-electron chi connectivity index (χ1n) is 7.32. The molecule has 2 heteroatoms. The van der Waals surface area contributed by atoms with Crippen molar-refractivity contribution in [3.63, 3.8) is 0 Å². The van der Waals surface area contributed by atoms with E-state index in [9.17, 15) is 0 Å². The number of hydrogen-bond acceptors (Lipinski definition) is 2. The highest BCUT2D eigenvalue weighted by molar-refractivity contribution is 5.51. The van der Waals surface area contributed by atoms with Crippen LogP contribution in [-0.2, 0) is 0 Å². The third-order valence-corrected chi connectivity index (χ3v) is 3.59. The zero-order valence-corrected chi connectivity index (χ0v) is 12.7. The fourth-order valence-electron chi connectivity index (χ4n) is 2.39. The highest BCUT2D eigenvalue weighted by Gasteiger charge is 2.04. The maximum atomic E-state index is 3.52. The number of aryl methyl sites for hydroxylation is 2. The van der Waals surface area contributed by atoms with Crippen LogP contribution in [0, 0.1) is 13.8 Å². The Morgan fingerprint density at radius 1 is 1.00 bits per heavy atom. The molecule has 0 amide bonds. The van der Waals surface area contributed by atoms with Gasteiger partial charge in [0.2, 0.25) is 0 Å². The van der Waals surface area contributed by atoms with E-state index in [0.29, 0.717) is 0 Å². The Labute approximate surface area is 122 Å². The van der Waals surface area contributed by atoms with Crippen molar-refractivity contribution < 1.29 is 0 Å². The minimum atomic E-state index is 0.951. The normalized spacial score (nSPS) is 10.3. The van der Waals surface area contributed by atoms with Gasteiger partial charge in [-0.2, -0.15) is 0 Å². The number of nitrogens with zero attached hydrogens (tertiary/aromatic N) is 1. The second-order valence-electron chi connectivity index (χ2n) is 5.16. The number of rotatable bonds is 6. The van der Waals surface area contributed by atoms with Crippen molar-refractivity contribution >= 4 is 11.4 Å². The van der Waals surface area contributed by atoms with Crippen molar-refractivity contribution in [2.45, 2.75) is 20.8 Å². The van der Waals surface area contributed by atoms with Crippen LogP contribution in [-0.4, -0.2) is 19.6 Å². The van der Waals surface area contributed by atoms with E-state index in [1.807, 2.05) is 0 Å². The first-order valence-corrected chi connectivity index (χ1v) is 7.32. The van der Waals surface area contributed by atoms with Crippen LogP contribution in [0.2, 0.25) is 0 Å². The van der Waals surface area contributed by atoms with Gasteiger partial charge in [-0.15, -0.1) is 0 Å². The Morgan fingerprint density at radius 2 is 1.80 bits per heavy atom. The van der Waals surface area contributed by atoms with E-state index in [2.05, 4.69) is 79.5 Å². The van der Waals surface area contributed by atoms with E-state index >= 15 is 0 Å². The predicted octanol–water partition coefficient (Wildman–Crippen LogP) is 4.24.